The maximum absolute atomic E-state index is 12.0. The summed E-state index contributed by atoms with van der Waals surface area (Å²) in [6, 6.07) is 7.88. The third-order valence-corrected chi connectivity index (χ3v) is 3.48. The lowest BCUT2D eigenvalue weighted by molar-refractivity contribution is 0.0559. The Hall–Kier alpha value is -2.25. The van der Waals surface area contributed by atoms with Gasteiger partial charge in [0.05, 0.1) is 0 Å². The number of anilines is 1. The van der Waals surface area contributed by atoms with E-state index in [-0.39, 0.29) is 6.61 Å². The van der Waals surface area contributed by atoms with Gasteiger partial charge in [-0.1, -0.05) is 35.7 Å². The molecule has 0 unspecified atom stereocenters. The molecule has 0 aliphatic carbocycles. The van der Waals surface area contributed by atoms with Crippen molar-refractivity contribution in [3.8, 4) is 23.5 Å². The van der Waals surface area contributed by atoms with Crippen molar-refractivity contribution in [1.82, 2.24) is 0 Å². The fourth-order valence-corrected chi connectivity index (χ4v) is 2.52. The molecule has 2 N–H and O–H groups in total. The number of aryl methyl sites for hydroxylation is 1. The van der Waals surface area contributed by atoms with Gasteiger partial charge in [0.1, 0.15) is 10.6 Å². The van der Waals surface area contributed by atoms with Gasteiger partial charge in [-0.15, -0.1) is 17.8 Å². The topological polar surface area (TPSA) is 52.3 Å². The Morgan fingerprint density at radius 1 is 1.42 bits per heavy atom. The van der Waals surface area contributed by atoms with Crippen LogP contribution in [0.4, 0.5) is 5.00 Å². The number of thiophene rings is 1. The molecule has 0 saturated heterocycles. The summed E-state index contributed by atoms with van der Waals surface area (Å²) in [7, 11) is 0. The highest BCUT2D eigenvalue weighted by Gasteiger charge is 2.19. The maximum Gasteiger partial charge on any atom is 0.342 e. The summed E-state index contributed by atoms with van der Waals surface area (Å²) in [5.74, 6) is 1.79. The largest absolute Gasteiger partial charge is 0.449 e. The van der Waals surface area contributed by atoms with Gasteiger partial charge in [-0.2, -0.15) is 0 Å². The molecule has 4 heteroatoms. The highest BCUT2D eigenvalue weighted by Crippen LogP contribution is 2.34. The Labute approximate surface area is 116 Å². The first-order valence-electron chi connectivity index (χ1n) is 5.68. The minimum atomic E-state index is -0.479. The van der Waals surface area contributed by atoms with Gasteiger partial charge < -0.3 is 10.5 Å². The first kappa shape index (κ1) is 13.2. The third kappa shape index (κ3) is 2.78. The van der Waals surface area contributed by atoms with Crippen LogP contribution in [-0.2, 0) is 4.74 Å². The molecule has 0 aliphatic heterocycles. The van der Waals surface area contributed by atoms with Gasteiger partial charge in [0.15, 0.2) is 6.61 Å². The first-order chi connectivity index (χ1) is 9.13. The molecule has 3 nitrogen and oxygen atoms in total. The van der Waals surface area contributed by atoms with Crippen LogP contribution in [0.15, 0.2) is 29.6 Å². The summed E-state index contributed by atoms with van der Waals surface area (Å²) < 4.78 is 4.95. The Kier molecular flexibility index (Phi) is 3.88. The van der Waals surface area contributed by atoms with Crippen LogP contribution in [0.25, 0.3) is 11.1 Å². The maximum atomic E-state index is 12.0. The van der Waals surface area contributed by atoms with Gasteiger partial charge in [-0.05, 0) is 12.5 Å². The van der Waals surface area contributed by atoms with Gasteiger partial charge in [0.25, 0.3) is 0 Å². The molecule has 1 heterocycles. The lowest BCUT2D eigenvalue weighted by atomic mass is 10.0. The second-order valence-corrected chi connectivity index (χ2v) is 4.95. The molecule has 2 aromatic rings. The molecule has 0 amide bonds. The highest BCUT2D eigenvalue weighted by atomic mass is 32.1. The average Bonchev–Trinajstić information content (AvgIpc) is 2.79. The number of terminal acetylenes is 1. The monoisotopic (exact) mass is 271 g/mol. The Morgan fingerprint density at radius 2 is 2.11 bits per heavy atom. The number of nitrogen functional groups attached to an aromatic ring is 1. The quantitative estimate of drug-likeness (QED) is 0.689. The van der Waals surface area contributed by atoms with Gasteiger partial charge in [0, 0.05) is 10.9 Å². The van der Waals surface area contributed by atoms with Gasteiger partial charge >= 0.3 is 5.97 Å². The van der Waals surface area contributed by atoms with Crippen molar-refractivity contribution in [3.05, 3.63) is 40.8 Å². The van der Waals surface area contributed by atoms with Gasteiger partial charge in [0.2, 0.25) is 0 Å². The Balaban J connectivity index is 2.40. The van der Waals surface area contributed by atoms with Crippen LogP contribution in [0.2, 0.25) is 0 Å². The second kappa shape index (κ2) is 5.59. The lowest BCUT2D eigenvalue weighted by Crippen LogP contribution is -2.07. The molecule has 96 valence electrons. The van der Waals surface area contributed by atoms with Gasteiger partial charge in [-0.3, -0.25) is 0 Å². The second-order valence-electron chi connectivity index (χ2n) is 4.03. The molecule has 0 fully saturated rings. The molecule has 0 bridgehead atoms. The third-order valence-electron chi connectivity index (χ3n) is 2.67. The molecule has 1 aromatic heterocycles. The first-order valence-corrected chi connectivity index (χ1v) is 6.56. The van der Waals surface area contributed by atoms with Crippen LogP contribution in [0.3, 0.4) is 0 Å². The molecule has 0 spiro atoms. The van der Waals surface area contributed by atoms with Crippen LogP contribution in [0.1, 0.15) is 15.9 Å². The fourth-order valence-electron chi connectivity index (χ4n) is 1.71. The van der Waals surface area contributed by atoms with Crippen molar-refractivity contribution < 1.29 is 9.53 Å². The van der Waals surface area contributed by atoms with E-state index in [1.54, 1.807) is 0 Å². The van der Waals surface area contributed by atoms with Crippen molar-refractivity contribution in [2.45, 2.75) is 6.92 Å². The number of rotatable bonds is 3. The summed E-state index contributed by atoms with van der Waals surface area (Å²) in [6.45, 7) is 1.95. The average molecular weight is 271 g/mol. The van der Waals surface area contributed by atoms with E-state index in [0.29, 0.717) is 10.6 Å². The summed E-state index contributed by atoms with van der Waals surface area (Å²) in [5, 5.41) is 2.30. The Morgan fingerprint density at radius 3 is 2.74 bits per heavy atom. The number of esters is 1. The van der Waals surface area contributed by atoms with Crippen molar-refractivity contribution in [2.75, 3.05) is 12.3 Å². The van der Waals surface area contributed by atoms with Crippen molar-refractivity contribution >= 4 is 22.3 Å². The van der Waals surface area contributed by atoms with E-state index >= 15 is 0 Å². The summed E-state index contributed by atoms with van der Waals surface area (Å²) >= 11 is 1.32. The van der Waals surface area contributed by atoms with E-state index in [9.17, 15) is 4.79 Å². The van der Waals surface area contributed by atoms with E-state index in [1.807, 2.05) is 36.6 Å². The van der Waals surface area contributed by atoms with Crippen LogP contribution in [0.5, 0.6) is 0 Å². The molecule has 0 atom stereocenters. The van der Waals surface area contributed by atoms with E-state index in [4.69, 9.17) is 16.9 Å². The van der Waals surface area contributed by atoms with E-state index < -0.39 is 5.97 Å². The van der Waals surface area contributed by atoms with E-state index in [0.717, 1.165) is 16.7 Å². The van der Waals surface area contributed by atoms with Crippen LogP contribution in [0, 0.1) is 19.3 Å². The lowest BCUT2D eigenvalue weighted by Gasteiger charge is -2.05. The van der Waals surface area contributed by atoms with Crippen LogP contribution >= 0.6 is 11.3 Å². The van der Waals surface area contributed by atoms with Crippen LogP contribution in [-0.4, -0.2) is 12.6 Å². The molecular formula is C15H13NO2S. The number of ether oxygens (including phenoxy) is 1. The molecular weight excluding hydrogens is 258 g/mol. The Bertz CT molecular complexity index is 635. The van der Waals surface area contributed by atoms with Crippen molar-refractivity contribution in [1.29, 1.82) is 0 Å². The molecule has 0 saturated carbocycles. The fraction of sp³-hybridized carbons (Fsp3) is 0.133. The number of nitrogens with two attached hydrogens (primary N) is 1. The zero-order valence-corrected chi connectivity index (χ0v) is 11.3. The minimum absolute atomic E-state index is 0.0541. The van der Waals surface area contributed by atoms with Gasteiger partial charge in [-0.25, -0.2) is 4.79 Å². The van der Waals surface area contributed by atoms with Crippen LogP contribution < -0.4 is 5.73 Å². The number of hydrogen-bond acceptors (Lipinski definition) is 4. The molecule has 1 aromatic carbocycles. The summed E-state index contributed by atoms with van der Waals surface area (Å²) in [5.41, 5.74) is 9.11. The molecule has 19 heavy (non-hydrogen) atoms. The standard InChI is InChI=1S/C15H13NO2S/c1-3-8-18-15(17)13-12(9-19-14(13)16)11-6-4-10(2)5-7-11/h1,4-7,9H,8,16H2,2H3. The normalized spacial score (nSPS) is 9.89. The predicted octanol–water partition coefficient (Wildman–Crippen LogP) is 3.10. The molecule has 0 radical (unpaired) electrons. The molecule has 0 aliphatic rings. The SMILES string of the molecule is C#CCOC(=O)c1c(-c2ccc(C)cc2)csc1N. The summed E-state index contributed by atoms with van der Waals surface area (Å²) in [6.07, 6.45) is 5.08. The minimum Gasteiger partial charge on any atom is -0.449 e. The predicted molar refractivity (Wildman–Crippen MR) is 78.0 cm³/mol. The number of carbonyl (C=O) groups is 1. The summed E-state index contributed by atoms with van der Waals surface area (Å²) in [4.78, 5) is 12.0. The smallest absolute Gasteiger partial charge is 0.342 e. The molecule has 2 rings (SSSR count). The number of benzene rings is 1. The zero-order chi connectivity index (χ0) is 13.8. The number of hydrogen-bond donors (Lipinski definition) is 1. The van der Waals surface area contributed by atoms with E-state index in [1.165, 1.54) is 11.3 Å². The number of carbonyl (C=O) groups excluding carboxylic acids is 1. The highest BCUT2D eigenvalue weighted by molar-refractivity contribution is 7.14. The zero-order valence-electron chi connectivity index (χ0n) is 10.5. The van der Waals surface area contributed by atoms with E-state index in [2.05, 4.69) is 5.92 Å². The van der Waals surface area contributed by atoms with Crippen molar-refractivity contribution in [2.24, 2.45) is 0 Å². The van der Waals surface area contributed by atoms with Crippen molar-refractivity contribution in [3.63, 3.8) is 0 Å².